The Labute approximate surface area is 84.6 Å². The lowest BCUT2D eigenvalue weighted by molar-refractivity contribution is 0.396. The highest BCUT2D eigenvalue weighted by Crippen LogP contribution is 2.19. The summed E-state index contributed by atoms with van der Waals surface area (Å²) < 4.78 is 5.02. The van der Waals surface area contributed by atoms with Gasteiger partial charge in [0.25, 0.3) is 0 Å². The molecule has 1 aromatic rings. The minimum Gasteiger partial charge on any atom is -0.481 e. The third-order valence-corrected chi connectivity index (χ3v) is 2.13. The molecule has 1 rings (SSSR count). The number of aromatic nitrogens is 1. The van der Waals surface area contributed by atoms with E-state index >= 15 is 0 Å². The quantitative estimate of drug-likeness (QED) is 0.742. The molecule has 3 nitrogen and oxygen atoms in total. The van der Waals surface area contributed by atoms with Crippen molar-refractivity contribution in [2.45, 2.75) is 19.4 Å². The summed E-state index contributed by atoms with van der Waals surface area (Å²) >= 11 is 0. The van der Waals surface area contributed by atoms with Crippen molar-refractivity contribution in [3.8, 4) is 5.88 Å². The van der Waals surface area contributed by atoms with Gasteiger partial charge in [-0.15, -0.1) is 6.58 Å². The molecule has 0 fully saturated rings. The Morgan fingerprint density at radius 2 is 2.36 bits per heavy atom. The molecular weight excluding hydrogens is 176 g/mol. The first-order chi connectivity index (χ1) is 6.69. The number of hydrogen-bond acceptors (Lipinski definition) is 3. The van der Waals surface area contributed by atoms with Gasteiger partial charge < -0.3 is 10.5 Å². The summed E-state index contributed by atoms with van der Waals surface area (Å²) in [6.45, 7) is 5.60. The second kappa shape index (κ2) is 4.77. The predicted octanol–water partition coefficient (Wildman–Crippen LogP) is 1.97. The third-order valence-electron chi connectivity index (χ3n) is 2.13. The average molecular weight is 192 g/mol. The van der Waals surface area contributed by atoms with Gasteiger partial charge in [-0.25, -0.2) is 4.98 Å². The summed E-state index contributed by atoms with van der Waals surface area (Å²) in [4.78, 5) is 4.26. The molecule has 76 valence electrons. The number of rotatable bonds is 4. The number of aryl methyl sites for hydroxylation is 1. The van der Waals surface area contributed by atoms with Crippen LogP contribution in [-0.4, -0.2) is 12.1 Å². The van der Waals surface area contributed by atoms with E-state index in [4.69, 9.17) is 10.5 Å². The van der Waals surface area contributed by atoms with E-state index in [-0.39, 0.29) is 6.04 Å². The van der Waals surface area contributed by atoms with E-state index in [1.165, 1.54) is 0 Å². The Morgan fingerprint density at radius 3 is 2.86 bits per heavy atom. The Morgan fingerprint density at radius 1 is 1.64 bits per heavy atom. The van der Waals surface area contributed by atoms with E-state index in [1.807, 2.05) is 25.1 Å². The molecule has 1 aromatic heterocycles. The van der Waals surface area contributed by atoms with Gasteiger partial charge >= 0.3 is 0 Å². The van der Waals surface area contributed by atoms with Crippen LogP contribution in [0.1, 0.15) is 23.7 Å². The van der Waals surface area contributed by atoms with Gasteiger partial charge in [0.05, 0.1) is 7.11 Å². The van der Waals surface area contributed by atoms with Gasteiger partial charge in [0.1, 0.15) is 0 Å². The van der Waals surface area contributed by atoms with Crippen LogP contribution in [-0.2, 0) is 0 Å². The minimum atomic E-state index is -0.0223. The molecule has 0 saturated carbocycles. The first-order valence-electron chi connectivity index (χ1n) is 4.57. The Balaban J connectivity index is 2.93. The van der Waals surface area contributed by atoms with E-state index in [1.54, 1.807) is 7.11 Å². The van der Waals surface area contributed by atoms with Crippen LogP contribution in [0.4, 0.5) is 0 Å². The first-order valence-corrected chi connectivity index (χ1v) is 4.57. The largest absolute Gasteiger partial charge is 0.481 e. The summed E-state index contributed by atoms with van der Waals surface area (Å²) in [6.07, 6.45) is 2.57. The van der Waals surface area contributed by atoms with Gasteiger partial charge in [-0.2, -0.15) is 0 Å². The minimum absolute atomic E-state index is 0.0223. The van der Waals surface area contributed by atoms with Crippen molar-refractivity contribution in [2.24, 2.45) is 5.73 Å². The molecule has 0 radical (unpaired) electrons. The molecule has 0 saturated heterocycles. The Bertz CT molecular complexity index is 323. The molecule has 14 heavy (non-hydrogen) atoms. The smallest absolute Gasteiger partial charge is 0.213 e. The van der Waals surface area contributed by atoms with Gasteiger partial charge in [-0.05, 0) is 18.9 Å². The fourth-order valence-corrected chi connectivity index (χ4v) is 1.36. The average Bonchev–Trinajstić information content (AvgIpc) is 2.17. The van der Waals surface area contributed by atoms with Crippen LogP contribution < -0.4 is 10.5 Å². The molecule has 0 aliphatic heterocycles. The van der Waals surface area contributed by atoms with Crippen LogP contribution in [0.2, 0.25) is 0 Å². The number of nitrogens with zero attached hydrogens (tertiary/aromatic N) is 1. The molecule has 0 aliphatic rings. The van der Waals surface area contributed by atoms with E-state index in [0.29, 0.717) is 5.88 Å². The molecule has 3 heteroatoms. The van der Waals surface area contributed by atoms with Crippen LogP contribution in [0.3, 0.4) is 0 Å². The normalized spacial score (nSPS) is 12.2. The van der Waals surface area contributed by atoms with Crippen molar-refractivity contribution in [1.29, 1.82) is 0 Å². The molecule has 0 spiro atoms. The van der Waals surface area contributed by atoms with Gasteiger partial charge in [-0.1, -0.05) is 12.1 Å². The Hall–Kier alpha value is -1.35. The van der Waals surface area contributed by atoms with Crippen molar-refractivity contribution in [3.63, 3.8) is 0 Å². The standard InChI is InChI=1S/C11H16N2O/c1-4-5-10(12)9-6-7-11(14-3)13-8(9)2/h4,6-7,10H,1,5,12H2,2-3H3/t10-/m0/s1. The highest BCUT2D eigenvalue weighted by atomic mass is 16.5. The van der Waals surface area contributed by atoms with Gasteiger partial charge in [0.2, 0.25) is 5.88 Å². The van der Waals surface area contributed by atoms with E-state index in [9.17, 15) is 0 Å². The SMILES string of the molecule is C=CC[C@H](N)c1ccc(OC)nc1C. The molecule has 0 aromatic carbocycles. The number of pyridine rings is 1. The second-order valence-electron chi connectivity index (χ2n) is 3.16. The maximum absolute atomic E-state index is 5.95. The zero-order valence-corrected chi connectivity index (χ0v) is 8.66. The lowest BCUT2D eigenvalue weighted by Crippen LogP contribution is -2.11. The van der Waals surface area contributed by atoms with Crippen molar-refractivity contribution >= 4 is 0 Å². The van der Waals surface area contributed by atoms with E-state index in [2.05, 4.69) is 11.6 Å². The van der Waals surface area contributed by atoms with Crippen molar-refractivity contribution < 1.29 is 4.74 Å². The monoisotopic (exact) mass is 192 g/mol. The maximum atomic E-state index is 5.95. The number of nitrogens with two attached hydrogens (primary N) is 1. The second-order valence-corrected chi connectivity index (χ2v) is 3.16. The molecule has 1 heterocycles. The predicted molar refractivity (Wildman–Crippen MR) is 57.3 cm³/mol. The molecular formula is C11H16N2O. The topological polar surface area (TPSA) is 48.1 Å². The summed E-state index contributed by atoms with van der Waals surface area (Å²) in [7, 11) is 1.60. The fraction of sp³-hybridized carbons (Fsp3) is 0.364. The third kappa shape index (κ3) is 2.33. The zero-order valence-electron chi connectivity index (χ0n) is 8.66. The molecule has 2 N–H and O–H groups in total. The number of ether oxygens (including phenoxy) is 1. The Kier molecular flexibility index (Phi) is 3.65. The van der Waals surface area contributed by atoms with E-state index < -0.39 is 0 Å². The van der Waals surface area contributed by atoms with Crippen LogP contribution in [0.25, 0.3) is 0 Å². The van der Waals surface area contributed by atoms with Gasteiger partial charge in [-0.3, -0.25) is 0 Å². The number of methoxy groups -OCH3 is 1. The molecule has 0 aliphatic carbocycles. The highest BCUT2D eigenvalue weighted by molar-refractivity contribution is 5.27. The molecule has 1 atom stereocenters. The van der Waals surface area contributed by atoms with Crippen LogP contribution >= 0.6 is 0 Å². The van der Waals surface area contributed by atoms with Gasteiger partial charge in [0.15, 0.2) is 0 Å². The zero-order chi connectivity index (χ0) is 10.6. The number of hydrogen-bond donors (Lipinski definition) is 1. The first kappa shape index (κ1) is 10.7. The lowest BCUT2D eigenvalue weighted by Gasteiger charge is -2.12. The lowest BCUT2D eigenvalue weighted by atomic mass is 10.0. The molecule has 0 bridgehead atoms. The fourth-order valence-electron chi connectivity index (χ4n) is 1.36. The van der Waals surface area contributed by atoms with Crippen LogP contribution in [0.15, 0.2) is 24.8 Å². The summed E-state index contributed by atoms with van der Waals surface area (Å²) in [5.74, 6) is 0.622. The van der Waals surface area contributed by atoms with Crippen LogP contribution in [0, 0.1) is 6.92 Å². The van der Waals surface area contributed by atoms with Crippen molar-refractivity contribution in [2.75, 3.05) is 7.11 Å². The highest BCUT2D eigenvalue weighted by Gasteiger charge is 2.08. The van der Waals surface area contributed by atoms with Crippen molar-refractivity contribution in [3.05, 3.63) is 36.0 Å². The molecule has 0 unspecified atom stereocenters. The van der Waals surface area contributed by atoms with Crippen LogP contribution in [0.5, 0.6) is 5.88 Å². The summed E-state index contributed by atoms with van der Waals surface area (Å²) in [5, 5.41) is 0. The molecule has 0 amide bonds. The summed E-state index contributed by atoms with van der Waals surface area (Å²) in [5.41, 5.74) is 7.91. The maximum Gasteiger partial charge on any atom is 0.213 e. The van der Waals surface area contributed by atoms with Gasteiger partial charge in [0, 0.05) is 17.8 Å². The van der Waals surface area contributed by atoms with Crippen molar-refractivity contribution in [1.82, 2.24) is 4.98 Å². The van der Waals surface area contributed by atoms with E-state index in [0.717, 1.165) is 17.7 Å². The summed E-state index contributed by atoms with van der Waals surface area (Å²) in [6, 6.07) is 3.76.